The number of amides is 2. The smallest absolute Gasteiger partial charge is 0.419 e. The first-order chi connectivity index (χ1) is 18.7. The van der Waals surface area contributed by atoms with Gasteiger partial charge in [-0.05, 0) is 105 Å². The van der Waals surface area contributed by atoms with Crippen LogP contribution in [-0.4, -0.2) is 54.2 Å². The SMILES string of the molecule is CC(C)n1ccc2nc(-c3cn(C4CC(CN(C(=O)OC(C)(C)C)C(=O)OC(C)(C)C)C4)nc3C3CC3)ccc21. The van der Waals surface area contributed by atoms with Gasteiger partial charge < -0.3 is 14.0 Å². The van der Waals surface area contributed by atoms with E-state index in [1.807, 2.05) is 0 Å². The lowest BCUT2D eigenvalue weighted by molar-refractivity contribution is -0.00641. The molecule has 216 valence electrons. The minimum absolute atomic E-state index is 0.146. The van der Waals surface area contributed by atoms with Crippen LogP contribution in [0.4, 0.5) is 9.59 Å². The second-order valence-electron chi connectivity index (χ2n) is 13.7. The van der Waals surface area contributed by atoms with E-state index in [4.69, 9.17) is 19.6 Å². The molecule has 0 spiro atoms. The molecule has 5 rings (SSSR count). The zero-order valence-corrected chi connectivity index (χ0v) is 25.1. The highest BCUT2D eigenvalue weighted by molar-refractivity contribution is 5.88. The second-order valence-corrected chi connectivity index (χ2v) is 13.7. The van der Waals surface area contributed by atoms with Gasteiger partial charge in [0.25, 0.3) is 0 Å². The average molecular weight is 550 g/mol. The molecular formula is C31H43N5O4. The third kappa shape index (κ3) is 6.18. The van der Waals surface area contributed by atoms with E-state index in [1.165, 1.54) is 0 Å². The summed E-state index contributed by atoms with van der Waals surface area (Å²) in [7, 11) is 0. The molecule has 0 unspecified atom stereocenters. The number of ether oxygens (including phenoxy) is 2. The molecule has 2 fully saturated rings. The minimum atomic E-state index is -0.710. The van der Waals surface area contributed by atoms with Gasteiger partial charge in [-0.2, -0.15) is 5.10 Å². The largest absolute Gasteiger partial charge is 0.443 e. The van der Waals surface area contributed by atoms with Crippen LogP contribution in [0.15, 0.2) is 30.6 Å². The van der Waals surface area contributed by atoms with Gasteiger partial charge in [-0.1, -0.05) is 0 Å². The molecule has 0 saturated heterocycles. The number of aromatic nitrogens is 4. The van der Waals surface area contributed by atoms with Crippen LogP contribution in [0.25, 0.3) is 22.3 Å². The molecule has 0 aliphatic heterocycles. The van der Waals surface area contributed by atoms with E-state index < -0.39 is 23.4 Å². The fraction of sp³-hybridized carbons (Fsp3) is 0.613. The van der Waals surface area contributed by atoms with Crippen LogP contribution in [0.2, 0.25) is 0 Å². The van der Waals surface area contributed by atoms with Crippen molar-refractivity contribution in [1.82, 2.24) is 24.2 Å². The van der Waals surface area contributed by atoms with E-state index in [9.17, 15) is 9.59 Å². The van der Waals surface area contributed by atoms with Gasteiger partial charge in [0.05, 0.1) is 28.5 Å². The van der Waals surface area contributed by atoms with Crippen molar-refractivity contribution in [3.63, 3.8) is 0 Å². The zero-order valence-electron chi connectivity index (χ0n) is 25.1. The predicted octanol–water partition coefficient (Wildman–Crippen LogP) is 7.48. The molecular weight excluding hydrogens is 506 g/mol. The Balaban J connectivity index is 1.31. The topological polar surface area (TPSA) is 91.5 Å². The lowest BCUT2D eigenvalue weighted by atomic mass is 9.80. The highest BCUT2D eigenvalue weighted by Crippen LogP contribution is 2.46. The predicted molar refractivity (Wildman–Crippen MR) is 154 cm³/mol. The summed E-state index contributed by atoms with van der Waals surface area (Å²) in [5.41, 5.74) is 3.90. The molecule has 2 aliphatic rings. The number of hydrogen-bond acceptors (Lipinski definition) is 6. The Bertz CT molecular complexity index is 1370. The molecule has 2 aliphatic carbocycles. The van der Waals surface area contributed by atoms with Gasteiger partial charge in [-0.25, -0.2) is 19.5 Å². The van der Waals surface area contributed by atoms with Crippen LogP contribution in [0.3, 0.4) is 0 Å². The normalized spacial score (nSPS) is 19.5. The van der Waals surface area contributed by atoms with Gasteiger partial charge in [0.1, 0.15) is 11.2 Å². The maximum Gasteiger partial charge on any atom is 0.419 e. The maximum absolute atomic E-state index is 12.9. The van der Waals surface area contributed by atoms with E-state index in [0.717, 1.165) is 58.6 Å². The van der Waals surface area contributed by atoms with Gasteiger partial charge >= 0.3 is 12.2 Å². The molecule has 9 nitrogen and oxygen atoms in total. The van der Waals surface area contributed by atoms with Gasteiger partial charge in [0.15, 0.2) is 0 Å². The monoisotopic (exact) mass is 549 g/mol. The first-order valence-electron chi connectivity index (χ1n) is 14.5. The molecule has 40 heavy (non-hydrogen) atoms. The number of pyridine rings is 1. The van der Waals surface area contributed by atoms with Crippen molar-refractivity contribution in [2.24, 2.45) is 5.92 Å². The van der Waals surface area contributed by atoms with Crippen LogP contribution in [0.1, 0.15) is 105 Å². The number of rotatable bonds is 6. The number of hydrogen-bond donors (Lipinski definition) is 0. The number of nitrogens with zero attached hydrogens (tertiary/aromatic N) is 5. The molecule has 0 N–H and O–H groups in total. The van der Waals surface area contributed by atoms with Crippen molar-refractivity contribution in [2.45, 2.75) is 110 Å². The molecule has 3 aromatic rings. The van der Waals surface area contributed by atoms with Gasteiger partial charge in [0, 0.05) is 36.5 Å². The fourth-order valence-corrected chi connectivity index (χ4v) is 5.27. The fourth-order valence-electron chi connectivity index (χ4n) is 5.27. The minimum Gasteiger partial charge on any atom is -0.443 e. The Morgan fingerprint density at radius 3 is 2.17 bits per heavy atom. The molecule has 0 radical (unpaired) electrons. The summed E-state index contributed by atoms with van der Waals surface area (Å²) in [6, 6.07) is 6.94. The summed E-state index contributed by atoms with van der Waals surface area (Å²) in [5.74, 6) is 0.632. The number of imide groups is 1. The summed E-state index contributed by atoms with van der Waals surface area (Å²) < 4.78 is 15.4. The third-order valence-corrected chi connectivity index (χ3v) is 7.38. The Kier molecular flexibility index (Phi) is 7.21. The van der Waals surface area contributed by atoms with Gasteiger partial charge in [0.2, 0.25) is 0 Å². The van der Waals surface area contributed by atoms with Gasteiger partial charge in [-0.3, -0.25) is 4.68 Å². The highest BCUT2D eigenvalue weighted by Gasteiger charge is 2.39. The molecule has 3 heterocycles. The van der Waals surface area contributed by atoms with Crippen molar-refractivity contribution in [1.29, 1.82) is 0 Å². The molecule has 2 saturated carbocycles. The van der Waals surface area contributed by atoms with Crippen LogP contribution in [-0.2, 0) is 9.47 Å². The number of carbonyl (C=O) groups excluding carboxylic acids is 2. The molecule has 3 aromatic heterocycles. The standard InChI is InChI=1S/C31H43N5O4/c1-19(2)34-14-13-25-26(34)12-11-24(32-25)23-18-36(33-27(23)21-9-10-21)22-15-20(16-22)17-35(28(37)39-30(3,4)5)29(38)40-31(6,7)8/h11-14,18-22H,9-10,15-17H2,1-8H3. The van der Waals surface area contributed by atoms with E-state index in [0.29, 0.717) is 12.0 Å². The second kappa shape index (κ2) is 10.2. The Hall–Kier alpha value is -3.36. The molecule has 2 amide bonds. The lowest BCUT2D eigenvalue weighted by Gasteiger charge is -2.38. The van der Waals surface area contributed by atoms with E-state index >= 15 is 0 Å². The summed E-state index contributed by atoms with van der Waals surface area (Å²) >= 11 is 0. The quantitative estimate of drug-likeness (QED) is 0.316. The van der Waals surface area contributed by atoms with Crippen molar-refractivity contribution >= 4 is 23.2 Å². The van der Waals surface area contributed by atoms with Crippen LogP contribution in [0.5, 0.6) is 0 Å². The summed E-state index contributed by atoms with van der Waals surface area (Å²) in [6.45, 7) is 15.3. The Labute approximate surface area is 236 Å². The van der Waals surface area contributed by atoms with Gasteiger partial charge in [-0.15, -0.1) is 0 Å². The summed E-state index contributed by atoms with van der Waals surface area (Å²) in [6.07, 6.45) is 6.85. The first-order valence-corrected chi connectivity index (χ1v) is 14.5. The zero-order chi connectivity index (χ0) is 29.0. The maximum atomic E-state index is 12.9. The molecule has 0 atom stereocenters. The highest BCUT2D eigenvalue weighted by atomic mass is 16.6. The molecule has 9 heteroatoms. The lowest BCUT2D eigenvalue weighted by Crippen LogP contribution is -2.47. The van der Waals surface area contributed by atoms with Crippen LogP contribution >= 0.6 is 0 Å². The number of fused-ring (bicyclic) bond motifs is 1. The van der Waals surface area contributed by atoms with Crippen molar-refractivity contribution < 1.29 is 19.1 Å². The Morgan fingerprint density at radius 2 is 1.62 bits per heavy atom. The van der Waals surface area contributed by atoms with E-state index in [1.54, 1.807) is 41.5 Å². The summed E-state index contributed by atoms with van der Waals surface area (Å²) in [4.78, 5) is 31.9. The Morgan fingerprint density at radius 1 is 1.00 bits per heavy atom. The average Bonchev–Trinajstić information content (AvgIpc) is 3.40. The third-order valence-electron chi connectivity index (χ3n) is 7.38. The van der Waals surface area contributed by atoms with Crippen molar-refractivity contribution in [3.05, 3.63) is 36.3 Å². The van der Waals surface area contributed by atoms with Crippen molar-refractivity contribution in [2.75, 3.05) is 6.54 Å². The van der Waals surface area contributed by atoms with Crippen molar-refractivity contribution in [3.8, 4) is 11.3 Å². The van der Waals surface area contributed by atoms with Crippen LogP contribution < -0.4 is 0 Å². The van der Waals surface area contributed by atoms with E-state index in [-0.39, 0.29) is 18.5 Å². The van der Waals surface area contributed by atoms with Crippen LogP contribution in [0, 0.1) is 5.92 Å². The first kappa shape index (κ1) is 28.2. The number of carbonyl (C=O) groups is 2. The summed E-state index contributed by atoms with van der Waals surface area (Å²) in [5, 5.41) is 5.04. The molecule has 0 aromatic carbocycles. The van der Waals surface area contributed by atoms with E-state index in [2.05, 4.69) is 53.7 Å². The molecule has 0 bridgehead atoms.